The van der Waals surface area contributed by atoms with Gasteiger partial charge in [-0.3, -0.25) is 14.4 Å². The zero-order valence-corrected chi connectivity index (χ0v) is 44.7. The molecule has 0 aromatic heterocycles. The van der Waals surface area contributed by atoms with E-state index in [1.165, 1.54) is 51.4 Å². The summed E-state index contributed by atoms with van der Waals surface area (Å²) in [6.07, 6.45) is 81.3. The van der Waals surface area contributed by atoms with Gasteiger partial charge in [0.2, 0.25) is 0 Å². The van der Waals surface area contributed by atoms with E-state index in [2.05, 4.69) is 154 Å². The highest BCUT2D eigenvalue weighted by Gasteiger charge is 2.19. The molecule has 0 heterocycles. The topological polar surface area (TPSA) is 78.9 Å². The molecule has 0 bridgehead atoms. The van der Waals surface area contributed by atoms with E-state index in [9.17, 15) is 14.4 Å². The molecule has 0 N–H and O–H groups in total. The first-order valence-electron chi connectivity index (χ1n) is 27.8. The summed E-state index contributed by atoms with van der Waals surface area (Å²) in [7, 11) is 0. The first kappa shape index (κ1) is 65.3. The number of carbonyl (C=O) groups is 3. The van der Waals surface area contributed by atoms with Gasteiger partial charge in [-0.25, -0.2) is 0 Å². The van der Waals surface area contributed by atoms with E-state index in [-0.39, 0.29) is 50.4 Å². The molecule has 0 aromatic carbocycles. The Hall–Kier alpha value is -4.71. The van der Waals surface area contributed by atoms with Gasteiger partial charge in [0.1, 0.15) is 13.2 Å². The Morgan fingerprint density at radius 2 is 0.586 bits per heavy atom. The second-order valence-corrected chi connectivity index (χ2v) is 17.7. The van der Waals surface area contributed by atoms with Crippen molar-refractivity contribution in [1.82, 2.24) is 0 Å². The van der Waals surface area contributed by atoms with Crippen LogP contribution < -0.4 is 0 Å². The van der Waals surface area contributed by atoms with Crippen LogP contribution >= 0.6 is 0 Å². The van der Waals surface area contributed by atoms with Crippen molar-refractivity contribution in [3.8, 4) is 0 Å². The van der Waals surface area contributed by atoms with Crippen molar-refractivity contribution in [2.75, 3.05) is 13.2 Å². The van der Waals surface area contributed by atoms with Gasteiger partial charge in [-0.05, 0) is 128 Å². The van der Waals surface area contributed by atoms with Gasteiger partial charge in [0, 0.05) is 19.3 Å². The summed E-state index contributed by atoms with van der Waals surface area (Å²) in [6, 6.07) is 0. The number of esters is 3. The third-order valence-electron chi connectivity index (χ3n) is 11.1. The van der Waals surface area contributed by atoms with Gasteiger partial charge in [0.25, 0.3) is 0 Å². The predicted molar refractivity (Wildman–Crippen MR) is 302 cm³/mol. The van der Waals surface area contributed by atoms with Crippen LogP contribution in [-0.2, 0) is 28.6 Å². The van der Waals surface area contributed by atoms with Crippen molar-refractivity contribution in [1.29, 1.82) is 0 Å². The molecule has 0 aliphatic rings. The summed E-state index contributed by atoms with van der Waals surface area (Å²) in [5, 5.41) is 0. The second-order valence-electron chi connectivity index (χ2n) is 17.7. The quantitative estimate of drug-likeness (QED) is 0.0262. The van der Waals surface area contributed by atoms with E-state index in [1.54, 1.807) is 0 Å². The van der Waals surface area contributed by atoms with Crippen LogP contribution in [0.1, 0.15) is 220 Å². The highest BCUT2D eigenvalue weighted by atomic mass is 16.6. The minimum Gasteiger partial charge on any atom is -0.462 e. The molecule has 0 aliphatic heterocycles. The number of unbranched alkanes of at least 4 members (excludes halogenated alkanes) is 13. The van der Waals surface area contributed by atoms with Crippen LogP contribution in [0.15, 0.2) is 146 Å². The summed E-state index contributed by atoms with van der Waals surface area (Å²) in [5.74, 6) is -1.07. The molecule has 6 heteroatoms. The lowest BCUT2D eigenvalue weighted by molar-refractivity contribution is -0.166. The molecular formula is C64H100O6. The standard InChI is InChI=1S/C64H100O6/c1-4-7-10-13-16-19-22-25-28-30-32-34-36-39-42-45-48-51-54-57-63(66)69-60-61(59-68-62(65)56-53-50-47-44-41-38-35-27-24-21-18-15-12-9-6-3)70-64(67)58-55-52-49-46-43-40-37-33-31-29-26-23-20-17-14-11-8-5-2/h7,9-10,12,16,18-21,23,25,27-29,31-32,34-35,39,41-42,44,48,51,61H,4-6,8,11,13-15,17,22,24,26,30,33,36-38,40,43,45-47,49-50,52-60H2,1-3H3/b10-7-,12-9-,19-16-,21-18-,23-20-,28-25-,31-29-,34-32-,35-27-,42-39-,44-41-,51-48-. The number of hydrogen-bond acceptors (Lipinski definition) is 6. The number of allylic oxidation sites excluding steroid dienone is 24. The van der Waals surface area contributed by atoms with E-state index in [0.29, 0.717) is 12.8 Å². The number of ether oxygens (including phenoxy) is 3. The van der Waals surface area contributed by atoms with Gasteiger partial charge in [-0.15, -0.1) is 0 Å². The summed E-state index contributed by atoms with van der Waals surface area (Å²) in [5.41, 5.74) is 0. The SMILES string of the molecule is CC/C=C\C/C=C\C/C=C\C/C=C\C/C=C\C/C=C\CCC(=O)OCC(COC(=O)CCCC/C=C\C/C=C\C/C=C\C/C=C\CC)OC(=O)CCCCCCCCC/C=C\C/C=C\CCCCCC. The molecular weight excluding hydrogens is 865 g/mol. The second kappa shape index (κ2) is 56.9. The molecule has 0 saturated carbocycles. The first-order chi connectivity index (χ1) is 34.5. The molecule has 0 aromatic rings. The minimum absolute atomic E-state index is 0.132. The van der Waals surface area contributed by atoms with Crippen LogP contribution in [0.2, 0.25) is 0 Å². The zero-order valence-electron chi connectivity index (χ0n) is 44.7. The molecule has 70 heavy (non-hydrogen) atoms. The molecule has 0 amide bonds. The highest BCUT2D eigenvalue weighted by Crippen LogP contribution is 2.13. The van der Waals surface area contributed by atoms with Gasteiger partial charge in [-0.1, -0.05) is 218 Å². The molecule has 1 unspecified atom stereocenters. The Balaban J connectivity index is 4.60. The Bertz CT molecular complexity index is 1580. The lowest BCUT2D eigenvalue weighted by atomic mass is 10.1. The van der Waals surface area contributed by atoms with Crippen LogP contribution in [0.5, 0.6) is 0 Å². The van der Waals surface area contributed by atoms with E-state index in [4.69, 9.17) is 14.2 Å². The maximum atomic E-state index is 12.9. The van der Waals surface area contributed by atoms with Crippen LogP contribution in [0.25, 0.3) is 0 Å². The minimum atomic E-state index is -0.837. The molecule has 0 radical (unpaired) electrons. The van der Waals surface area contributed by atoms with Crippen LogP contribution in [0.4, 0.5) is 0 Å². The molecule has 392 valence electrons. The lowest BCUT2D eigenvalue weighted by Gasteiger charge is -2.18. The first-order valence-corrected chi connectivity index (χ1v) is 27.8. The molecule has 0 rings (SSSR count). The number of rotatable bonds is 48. The van der Waals surface area contributed by atoms with Crippen molar-refractivity contribution in [2.24, 2.45) is 0 Å². The molecule has 0 saturated heterocycles. The average molecular weight is 965 g/mol. The van der Waals surface area contributed by atoms with Gasteiger partial charge in [0.05, 0.1) is 0 Å². The van der Waals surface area contributed by atoms with Crippen molar-refractivity contribution in [3.63, 3.8) is 0 Å². The van der Waals surface area contributed by atoms with Crippen molar-refractivity contribution in [3.05, 3.63) is 146 Å². The van der Waals surface area contributed by atoms with E-state index in [1.807, 2.05) is 12.2 Å². The predicted octanol–water partition coefficient (Wildman–Crippen LogP) is 18.8. The monoisotopic (exact) mass is 965 g/mol. The summed E-state index contributed by atoms with van der Waals surface area (Å²) < 4.78 is 16.7. The van der Waals surface area contributed by atoms with Crippen molar-refractivity contribution >= 4 is 17.9 Å². The normalized spacial score (nSPS) is 13.2. The molecule has 6 nitrogen and oxygen atoms in total. The smallest absolute Gasteiger partial charge is 0.306 e. The fourth-order valence-electron chi connectivity index (χ4n) is 6.96. The van der Waals surface area contributed by atoms with Gasteiger partial charge >= 0.3 is 17.9 Å². The summed E-state index contributed by atoms with van der Waals surface area (Å²) in [6.45, 7) is 6.27. The van der Waals surface area contributed by atoms with E-state index < -0.39 is 6.10 Å². The highest BCUT2D eigenvalue weighted by molar-refractivity contribution is 5.71. The molecule has 0 fully saturated rings. The third-order valence-corrected chi connectivity index (χ3v) is 11.1. The maximum Gasteiger partial charge on any atom is 0.306 e. The van der Waals surface area contributed by atoms with Crippen molar-refractivity contribution in [2.45, 2.75) is 226 Å². The fraction of sp³-hybridized carbons (Fsp3) is 0.578. The Morgan fingerprint density at radius 3 is 0.986 bits per heavy atom. The van der Waals surface area contributed by atoms with Gasteiger partial charge in [0.15, 0.2) is 6.10 Å². The van der Waals surface area contributed by atoms with Crippen LogP contribution in [-0.4, -0.2) is 37.2 Å². The zero-order chi connectivity index (χ0) is 50.7. The van der Waals surface area contributed by atoms with Crippen LogP contribution in [0.3, 0.4) is 0 Å². The Kier molecular flexibility index (Phi) is 53.0. The van der Waals surface area contributed by atoms with E-state index >= 15 is 0 Å². The van der Waals surface area contributed by atoms with Crippen LogP contribution in [0, 0.1) is 0 Å². The maximum absolute atomic E-state index is 12.9. The summed E-state index contributed by atoms with van der Waals surface area (Å²) in [4.78, 5) is 38.1. The Labute approximate surface area is 429 Å². The average Bonchev–Trinajstić information content (AvgIpc) is 3.36. The van der Waals surface area contributed by atoms with E-state index in [0.717, 1.165) is 116 Å². The molecule has 0 aliphatic carbocycles. The third kappa shape index (κ3) is 54.2. The fourth-order valence-corrected chi connectivity index (χ4v) is 6.96. The van der Waals surface area contributed by atoms with Gasteiger partial charge < -0.3 is 14.2 Å². The lowest BCUT2D eigenvalue weighted by Crippen LogP contribution is -2.30. The van der Waals surface area contributed by atoms with Crippen molar-refractivity contribution < 1.29 is 28.6 Å². The summed E-state index contributed by atoms with van der Waals surface area (Å²) >= 11 is 0. The molecule has 0 spiro atoms. The largest absolute Gasteiger partial charge is 0.462 e. The molecule has 1 atom stereocenters. The Morgan fingerprint density at radius 1 is 0.300 bits per heavy atom. The van der Waals surface area contributed by atoms with Gasteiger partial charge in [-0.2, -0.15) is 0 Å². The number of carbonyl (C=O) groups excluding carboxylic acids is 3. The number of hydrogen-bond donors (Lipinski definition) is 0.